The Morgan fingerprint density at radius 2 is 1.76 bits per heavy atom. The van der Waals surface area contributed by atoms with Crippen molar-refractivity contribution in [2.45, 2.75) is 4.21 Å². The van der Waals surface area contributed by atoms with Crippen molar-refractivity contribution in [3.8, 4) is 5.69 Å². The fourth-order valence-corrected chi connectivity index (χ4v) is 6.70. The molecule has 152 valence electrons. The van der Waals surface area contributed by atoms with Crippen LogP contribution in [0.4, 0.5) is 4.39 Å². The largest absolute Gasteiger partial charge is 0.335 e. The molecule has 7 nitrogen and oxygen atoms in total. The van der Waals surface area contributed by atoms with Crippen LogP contribution >= 0.6 is 27.3 Å². The van der Waals surface area contributed by atoms with Gasteiger partial charge >= 0.3 is 0 Å². The minimum atomic E-state index is -3.57. The minimum absolute atomic E-state index is 0.217. The minimum Gasteiger partial charge on any atom is -0.335 e. The van der Waals surface area contributed by atoms with Crippen LogP contribution in [0.2, 0.25) is 0 Å². The fraction of sp³-hybridized carbons (Fsp3) is 0.222. The van der Waals surface area contributed by atoms with Gasteiger partial charge in [0.1, 0.15) is 15.7 Å². The summed E-state index contributed by atoms with van der Waals surface area (Å²) in [5, 5.41) is 0. The second-order valence-electron chi connectivity index (χ2n) is 6.38. The van der Waals surface area contributed by atoms with Gasteiger partial charge < -0.3 is 4.90 Å². The van der Waals surface area contributed by atoms with Crippen molar-refractivity contribution < 1.29 is 17.6 Å². The highest BCUT2D eigenvalue weighted by atomic mass is 79.9. The maximum atomic E-state index is 13.2. The number of aromatic nitrogens is 2. The number of carbonyl (C=O) groups excluding carboxylic acids is 1. The van der Waals surface area contributed by atoms with Gasteiger partial charge in [0.05, 0.1) is 16.3 Å². The van der Waals surface area contributed by atoms with E-state index >= 15 is 0 Å². The Kier molecular flexibility index (Phi) is 5.56. The number of piperazine rings is 1. The summed E-state index contributed by atoms with van der Waals surface area (Å²) < 4.78 is 42.7. The summed E-state index contributed by atoms with van der Waals surface area (Å²) in [6, 6.07) is 9.04. The van der Waals surface area contributed by atoms with E-state index < -0.39 is 10.0 Å². The Morgan fingerprint density at radius 1 is 1.07 bits per heavy atom. The predicted octanol–water partition coefficient (Wildman–Crippen LogP) is 2.98. The molecular formula is C18H16BrFN4O3S2. The van der Waals surface area contributed by atoms with Gasteiger partial charge in [-0.1, -0.05) is 0 Å². The van der Waals surface area contributed by atoms with Crippen LogP contribution in [0.1, 0.15) is 10.5 Å². The third-order valence-corrected chi connectivity index (χ3v) is 8.62. The van der Waals surface area contributed by atoms with Crippen molar-refractivity contribution in [1.82, 2.24) is 18.8 Å². The second-order valence-corrected chi connectivity index (χ2v) is 11.0. The molecule has 1 aliphatic rings. The molecule has 2 aromatic heterocycles. The molecule has 1 aromatic carbocycles. The molecule has 0 N–H and O–H groups in total. The molecule has 0 atom stereocenters. The maximum absolute atomic E-state index is 13.2. The standard InChI is InChI=1S/C18H16BrFN4O3S2/c19-16-5-6-17(28-16)29(26,27)23-9-7-22(8-10-23)18(25)15-11-21-12-24(15)14-3-1-13(20)2-4-14/h1-6,11-12H,7-10H2. The highest BCUT2D eigenvalue weighted by Gasteiger charge is 2.32. The van der Waals surface area contributed by atoms with Crippen molar-refractivity contribution in [1.29, 1.82) is 0 Å². The molecule has 1 fully saturated rings. The fourth-order valence-electron chi connectivity index (χ4n) is 3.12. The lowest BCUT2D eigenvalue weighted by molar-refractivity contribution is 0.0690. The van der Waals surface area contributed by atoms with Crippen LogP contribution in [0.25, 0.3) is 5.69 Å². The summed E-state index contributed by atoms with van der Waals surface area (Å²) in [4.78, 5) is 18.6. The number of nitrogens with zero attached hydrogens (tertiary/aromatic N) is 4. The number of halogens is 2. The topological polar surface area (TPSA) is 75.5 Å². The number of imidazole rings is 1. The summed E-state index contributed by atoms with van der Waals surface area (Å²) in [5.41, 5.74) is 0.965. The summed E-state index contributed by atoms with van der Waals surface area (Å²) in [5.74, 6) is -0.611. The Morgan fingerprint density at radius 3 is 2.38 bits per heavy atom. The number of rotatable bonds is 4. The molecule has 0 saturated carbocycles. The van der Waals surface area contributed by atoms with E-state index in [4.69, 9.17) is 0 Å². The van der Waals surface area contributed by atoms with Crippen molar-refractivity contribution in [2.75, 3.05) is 26.2 Å². The maximum Gasteiger partial charge on any atom is 0.272 e. The number of carbonyl (C=O) groups is 1. The van der Waals surface area contributed by atoms with Crippen molar-refractivity contribution in [3.05, 3.63) is 64.2 Å². The lowest BCUT2D eigenvalue weighted by Crippen LogP contribution is -2.50. The van der Waals surface area contributed by atoms with Gasteiger partial charge in [0.15, 0.2) is 0 Å². The average molecular weight is 499 g/mol. The van der Waals surface area contributed by atoms with Crippen molar-refractivity contribution in [2.24, 2.45) is 0 Å². The molecule has 3 aromatic rings. The van der Waals surface area contributed by atoms with Gasteiger partial charge in [-0.25, -0.2) is 17.8 Å². The summed E-state index contributed by atoms with van der Waals surface area (Å²) in [7, 11) is -3.57. The molecule has 1 amide bonds. The van der Waals surface area contributed by atoms with Gasteiger partial charge in [-0.2, -0.15) is 4.31 Å². The van der Waals surface area contributed by atoms with Gasteiger partial charge in [-0.15, -0.1) is 11.3 Å². The zero-order valence-electron chi connectivity index (χ0n) is 15.0. The smallest absolute Gasteiger partial charge is 0.272 e. The van der Waals surface area contributed by atoms with Crippen LogP contribution < -0.4 is 0 Å². The molecule has 29 heavy (non-hydrogen) atoms. The first-order valence-corrected chi connectivity index (χ1v) is 11.7. The molecule has 0 spiro atoms. The van der Waals surface area contributed by atoms with Crippen LogP contribution in [-0.4, -0.2) is 59.3 Å². The van der Waals surface area contributed by atoms with E-state index in [0.717, 1.165) is 15.1 Å². The van der Waals surface area contributed by atoms with Crippen molar-refractivity contribution >= 4 is 43.2 Å². The Labute approximate surface area is 179 Å². The SMILES string of the molecule is O=C(c1cncn1-c1ccc(F)cc1)N1CCN(S(=O)(=O)c2ccc(Br)s2)CC1. The van der Waals surface area contributed by atoms with Gasteiger partial charge in [-0.3, -0.25) is 9.36 Å². The summed E-state index contributed by atoms with van der Waals surface area (Å²) in [6.07, 6.45) is 2.95. The van der Waals surface area contributed by atoms with E-state index in [9.17, 15) is 17.6 Å². The molecule has 0 bridgehead atoms. The van der Waals surface area contributed by atoms with E-state index in [1.807, 2.05) is 0 Å². The lowest BCUT2D eigenvalue weighted by Gasteiger charge is -2.33. The predicted molar refractivity (Wildman–Crippen MR) is 110 cm³/mol. The quantitative estimate of drug-likeness (QED) is 0.554. The number of benzene rings is 1. The normalized spacial score (nSPS) is 15.6. The molecule has 4 rings (SSSR count). The lowest BCUT2D eigenvalue weighted by atomic mass is 10.2. The Hall–Kier alpha value is -2.08. The summed E-state index contributed by atoms with van der Waals surface area (Å²) >= 11 is 4.45. The van der Waals surface area contributed by atoms with E-state index in [2.05, 4.69) is 20.9 Å². The number of hydrogen-bond donors (Lipinski definition) is 0. The van der Waals surface area contributed by atoms with Gasteiger partial charge in [-0.05, 0) is 52.3 Å². The molecular weight excluding hydrogens is 483 g/mol. The highest BCUT2D eigenvalue weighted by Crippen LogP contribution is 2.29. The number of thiophene rings is 1. The molecule has 0 radical (unpaired) electrons. The van der Waals surface area contributed by atoms with Crippen molar-refractivity contribution in [3.63, 3.8) is 0 Å². The first-order valence-electron chi connectivity index (χ1n) is 8.69. The first kappa shape index (κ1) is 20.2. The molecule has 1 saturated heterocycles. The molecule has 0 aliphatic carbocycles. The van der Waals surface area contributed by atoms with E-state index in [0.29, 0.717) is 11.4 Å². The van der Waals surface area contributed by atoms with Gasteiger partial charge in [0.2, 0.25) is 0 Å². The average Bonchev–Trinajstić information content (AvgIpc) is 3.38. The number of amides is 1. The van der Waals surface area contributed by atoms with Gasteiger partial charge in [0, 0.05) is 31.9 Å². The highest BCUT2D eigenvalue weighted by molar-refractivity contribution is 9.11. The first-order chi connectivity index (χ1) is 13.9. The Balaban J connectivity index is 1.48. The zero-order chi connectivity index (χ0) is 20.6. The van der Waals surface area contributed by atoms with Crippen LogP contribution in [0, 0.1) is 5.82 Å². The molecule has 3 heterocycles. The van der Waals surface area contributed by atoms with Crippen LogP contribution in [0.3, 0.4) is 0 Å². The summed E-state index contributed by atoms with van der Waals surface area (Å²) in [6.45, 7) is 0.987. The van der Waals surface area contributed by atoms with E-state index in [-0.39, 0.29) is 42.1 Å². The third-order valence-electron chi connectivity index (χ3n) is 4.63. The molecule has 1 aliphatic heterocycles. The van der Waals surface area contributed by atoms with Crippen LogP contribution in [0.5, 0.6) is 0 Å². The Bertz CT molecular complexity index is 1140. The second kappa shape index (κ2) is 7.98. The van der Waals surface area contributed by atoms with Gasteiger partial charge in [0.25, 0.3) is 15.9 Å². The van der Waals surface area contributed by atoms with Crippen LogP contribution in [-0.2, 0) is 10.0 Å². The molecule has 11 heteroatoms. The number of hydrogen-bond acceptors (Lipinski definition) is 5. The monoisotopic (exact) mass is 498 g/mol. The van der Waals surface area contributed by atoms with E-state index in [1.165, 1.54) is 29.0 Å². The van der Waals surface area contributed by atoms with E-state index in [1.54, 1.807) is 33.7 Å². The molecule has 0 unspecified atom stereocenters. The zero-order valence-corrected chi connectivity index (χ0v) is 18.3. The van der Waals surface area contributed by atoms with Crippen LogP contribution in [0.15, 0.2) is 56.9 Å². The number of sulfonamides is 1. The third kappa shape index (κ3) is 4.00.